The molecule has 0 atom stereocenters. The Bertz CT molecular complexity index is 445. The number of ether oxygens (including phenoxy) is 1. The van der Waals surface area contributed by atoms with Crippen LogP contribution in [0.3, 0.4) is 0 Å². The van der Waals surface area contributed by atoms with Crippen LogP contribution in [0, 0.1) is 3.57 Å². The lowest BCUT2D eigenvalue weighted by molar-refractivity contribution is -0.133. The molecule has 1 amide bonds. The number of hydrogen-bond donors (Lipinski definition) is 1. The number of rotatable bonds is 5. The molecule has 0 spiro atoms. The highest BCUT2D eigenvalue weighted by atomic mass is 127. The van der Waals surface area contributed by atoms with E-state index in [1.807, 2.05) is 29.2 Å². The van der Waals surface area contributed by atoms with Gasteiger partial charge in [-0.05, 0) is 47.7 Å². The predicted molar refractivity (Wildman–Crippen MR) is 87.7 cm³/mol. The van der Waals surface area contributed by atoms with E-state index in [0.717, 1.165) is 41.7 Å². The summed E-state index contributed by atoms with van der Waals surface area (Å²) in [4.78, 5) is 13.8. The maximum atomic E-state index is 11.9. The van der Waals surface area contributed by atoms with Crippen LogP contribution in [-0.2, 0) is 4.79 Å². The number of carbonyl (C=O) groups is 1. The van der Waals surface area contributed by atoms with Crippen LogP contribution in [0.25, 0.3) is 0 Å². The van der Waals surface area contributed by atoms with Crippen LogP contribution in [-0.4, -0.2) is 36.5 Å². The molecule has 2 N–H and O–H groups in total. The fraction of sp³-hybridized carbons (Fsp3) is 0.533. The highest BCUT2D eigenvalue weighted by molar-refractivity contribution is 14.1. The molecule has 20 heavy (non-hydrogen) atoms. The lowest BCUT2D eigenvalue weighted by Gasteiger charge is -2.32. The van der Waals surface area contributed by atoms with Gasteiger partial charge in [0.15, 0.2) is 0 Å². The quantitative estimate of drug-likeness (QED) is 0.789. The SMILES string of the molecule is NCCCC(=O)N1CCC(Oc2ccccc2I)CC1. The summed E-state index contributed by atoms with van der Waals surface area (Å²) in [6.07, 6.45) is 3.36. The van der Waals surface area contributed by atoms with Crippen LogP contribution in [0.4, 0.5) is 0 Å². The summed E-state index contributed by atoms with van der Waals surface area (Å²) in [6.45, 7) is 2.16. The maximum Gasteiger partial charge on any atom is 0.222 e. The predicted octanol–water partition coefficient (Wildman–Crippen LogP) is 2.40. The van der Waals surface area contributed by atoms with Crippen LogP contribution in [0.5, 0.6) is 5.75 Å². The molecular formula is C15H21IN2O2. The molecule has 1 aliphatic heterocycles. The van der Waals surface area contributed by atoms with Crippen molar-refractivity contribution in [1.82, 2.24) is 4.90 Å². The lowest BCUT2D eigenvalue weighted by Crippen LogP contribution is -2.41. The molecule has 0 bridgehead atoms. The van der Waals surface area contributed by atoms with Gasteiger partial charge in [0.05, 0.1) is 3.57 Å². The minimum absolute atomic E-state index is 0.212. The van der Waals surface area contributed by atoms with E-state index in [4.69, 9.17) is 10.5 Å². The van der Waals surface area contributed by atoms with E-state index in [9.17, 15) is 4.79 Å². The molecule has 1 fully saturated rings. The Morgan fingerprint density at radius 2 is 2.05 bits per heavy atom. The van der Waals surface area contributed by atoms with Gasteiger partial charge in [0.25, 0.3) is 0 Å². The average molecular weight is 388 g/mol. The lowest BCUT2D eigenvalue weighted by atomic mass is 10.1. The highest BCUT2D eigenvalue weighted by Gasteiger charge is 2.23. The first kappa shape index (κ1) is 15.6. The Labute approximate surface area is 133 Å². The van der Waals surface area contributed by atoms with Crippen molar-refractivity contribution in [3.63, 3.8) is 0 Å². The van der Waals surface area contributed by atoms with Crippen LogP contribution < -0.4 is 10.5 Å². The van der Waals surface area contributed by atoms with Gasteiger partial charge in [0.2, 0.25) is 5.91 Å². The van der Waals surface area contributed by atoms with Crippen molar-refractivity contribution in [3.05, 3.63) is 27.8 Å². The van der Waals surface area contributed by atoms with E-state index in [2.05, 4.69) is 22.6 Å². The van der Waals surface area contributed by atoms with Gasteiger partial charge in [-0.25, -0.2) is 0 Å². The number of amides is 1. The summed E-state index contributed by atoms with van der Waals surface area (Å²) in [5.74, 6) is 1.17. The zero-order chi connectivity index (χ0) is 14.4. The highest BCUT2D eigenvalue weighted by Crippen LogP contribution is 2.24. The Kier molecular flexibility index (Phi) is 6.09. The zero-order valence-corrected chi connectivity index (χ0v) is 13.7. The molecule has 0 aliphatic carbocycles. The molecule has 0 unspecified atom stereocenters. The van der Waals surface area contributed by atoms with Crippen molar-refractivity contribution in [3.8, 4) is 5.75 Å². The number of piperidine rings is 1. The molecule has 1 saturated heterocycles. The van der Waals surface area contributed by atoms with E-state index in [1.165, 1.54) is 0 Å². The van der Waals surface area contributed by atoms with Gasteiger partial charge >= 0.3 is 0 Å². The molecule has 1 aliphatic rings. The molecule has 0 saturated carbocycles. The second kappa shape index (κ2) is 7.83. The van der Waals surface area contributed by atoms with Crippen LogP contribution in [0.15, 0.2) is 24.3 Å². The Morgan fingerprint density at radius 3 is 2.70 bits per heavy atom. The Balaban J connectivity index is 1.80. The Hall–Kier alpha value is -0.820. The number of hydrogen-bond acceptors (Lipinski definition) is 3. The fourth-order valence-corrected chi connectivity index (χ4v) is 2.87. The molecule has 0 radical (unpaired) electrons. The van der Waals surface area contributed by atoms with E-state index in [-0.39, 0.29) is 12.0 Å². The van der Waals surface area contributed by atoms with Crippen molar-refractivity contribution < 1.29 is 9.53 Å². The topological polar surface area (TPSA) is 55.6 Å². The number of halogens is 1. The van der Waals surface area contributed by atoms with Crippen molar-refractivity contribution >= 4 is 28.5 Å². The van der Waals surface area contributed by atoms with Gasteiger partial charge in [-0.1, -0.05) is 12.1 Å². The molecule has 0 aromatic heterocycles. The van der Waals surface area contributed by atoms with Gasteiger partial charge < -0.3 is 15.4 Å². The standard InChI is InChI=1S/C15H21IN2O2/c16-13-4-1-2-5-14(13)20-12-7-10-18(11-8-12)15(19)6-3-9-17/h1-2,4-5,12H,3,6-11,17H2. The number of nitrogens with two attached hydrogens (primary N) is 1. The molecule has 2 rings (SSSR count). The monoisotopic (exact) mass is 388 g/mol. The first-order valence-corrected chi connectivity index (χ1v) is 8.17. The van der Waals surface area contributed by atoms with Gasteiger partial charge in [-0.15, -0.1) is 0 Å². The molecule has 5 heteroatoms. The minimum atomic E-state index is 0.212. The van der Waals surface area contributed by atoms with E-state index in [1.54, 1.807) is 0 Å². The number of benzene rings is 1. The van der Waals surface area contributed by atoms with Gasteiger partial charge in [0, 0.05) is 32.4 Å². The number of carbonyl (C=O) groups excluding carboxylic acids is 1. The summed E-state index contributed by atoms with van der Waals surface area (Å²) in [7, 11) is 0. The summed E-state index contributed by atoms with van der Waals surface area (Å²) in [5, 5.41) is 0. The van der Waals surface area contributed by atoms with Crippen molar-refractivity contribution in [1.29, 1.82) is 0 Å². The molecule has 1 aromatic rings. The molecule has 1 heterocycles. The summed E-state index contributed by atoms with van der Waals surface area (Å²) in [6, 6.07) is 8.04. The zero-order valence-electron chi connectivity index (χ0n) is 11.6. The van der Waals surface area contributed by atoms with Crippen molar-refractivity contribution in [2.75, 3.05) is 19.6 Å². The molecule has 4 nitrogen and oxygen atoms in total. The largest absolute Gasteiger partial charge is 0.489 e. The van der Waals surface area contributed by atoms with Gasteiger partial charge in [-0.2, -0.15) is 0 Å². The summed E-state index contributed by atoms with van der Waals surface area (Å²) in [5.41, 5.74) is 5.44. The smallest absolute Gasteiger partial charge is 0.222 e. The first-order valence-electron chi connectivity index (χ1n) is 7.09. The van der Waals surface area contributed by atoms with Gasteiger partial charge in [0.1, 0.15) is 11.9 Å². The molecular weight excluding hydrogens is 367 g/mol. The van der Waals surface area contributed by atoms with E-state index >= 15 is 0 Å². The van der Waals surface area contributed by atoms with Crippen LogP contribution in [0.1, 0.15) is 25.7 Å². The second-order valence-corrected chi connectivity index (χ2v) is 6.18. The van der Waals surface area contributed by atoms with Crippen molar-refractivity contribution in [2.45, 2.75) is 31.8 Å². The number of para-hydroxylation sites is 1. The average Bonchev–Trinajstić information content (AvgIpc) is 2.48. The van der Waals surface area contributed by atoms with Crippen molar-refractivity contribution in [2.24, 2.45) is 5.73 Å². The first-order chi connectivity index (χ1) is 9.70. The summed E-state index contributed by atoms with van der Waals surface area (Å²) >= 11 is 2.28. The van der Waals surface area contributed by atoms with E-state index in [0.29, 0.717) is 13.0 Å². The Morgan fingerprint density at radius 1 is 1.35 bits per heavy atom. The third-order valence-corrected chi connectivity index (χ3v) is 4.41. The normalized spacial score (nSPS) is 16.2. The second-order valence-electron chi connectivity index (χ2n) is 5.02. The minimum Gasteiger partial charge on any atom is -0.489 e. The maximum absolute atomic E-state index is 11.9. The molecule has 1 aromatic carbocycles. The fourth-order valence-electron chi connectivity index (χ4n) is 2.35. The third-order valence-electron chi connectivity index (χ3n) is 3.52. The van der Waals surface area contributed by atoms with Crippen LogP contribution >= 0.6 is 22.6 Å². The number of nitrogens with zero attached hydrogens (tertiary/aromatic N) is 1. The molecule has 110 valence electrons. The van der Waals surface area contributed by atoms with Crippen LogP contribution in [0.2, 0.25) is 0 Å². The number of likely N-dealkylation sites (tertiary alicyclic amines) is 1. The van der Waals surface area contributed by atoms with Gasteiger partial charge in [-0.3, -0.25) is 4.79 Å². The third kappa shape index (κ3) is 4.34. The van der Waals surface area contributed by atoms with E-state index < -0.39 is 0 Å². The summed E-state index contributed by atoms with van der Waals surface area (Å²) < 4.78 is 7.16.